The summed E-state index contributed by atoms with van der Waals surface area (Å²) in [5, 5.41) is 0. The van der Waals surface area contributed by atoms with Gasteiger partial charge in [-0.25, -0.2) is 4.39 Å². The molecule has 0 heterocycles. The first-order chi connectivity index (χ1) is 5.24. The normalized spacial score (nSPS) is 13.0. The number of rotatable bonds is 2. The molecule has 0 bridgehead atoms. The molecule has 0 spiro atoms. The lowest BCUT2D eigenvalue weighted by Gasteiger charge is -2.05. The molecule has 1 aromatic carbocycles. The second-order valence-electron chi connectivity index (χ2n) is 2.31. The van der Waals surface area contributed by atoms with Crippen LogP contribution in [0.4, 0.5) is 4.39 Å². The van der Waals surface area contributed by atoms with Crippen molar-refractivity contribution >= 4 is 15.9 Å². The minimum absolute atomic E-state index is 0.483. The molecular formula is C8H9BrFN. The van der Waals surface area contributed by atoms with Gasteiger partial charge in [0.2, 0.25) is 0 Å². The first-order valence-corrected chi connectivity index (χ1v) is 4.10. The molecule has 1 nitrogen and oxygen atoms in total. The monoisotopic (exact) mass is 217 g/mol. The van der Waals surface area contributed by atoms with Crippen LogP contribution >= 0.6 is 15.9 Å². The number of halogens is 2. The maximum atomic E-state index is 12.0. The third-order valence-electron chi connectivity index (χ3n) is 1.46. The fourth-order valence-electron chi connectivity index (χ4n) is 0.799. The van der Waals surface area contributed by atoms with Crippen LogP contribution in [0.25, 0.3) is 0 Å². The van der Waals surface area contributed by atoms with E-state index in [1.807, 2.05) is 24.3 Å². The molecule has 1 rings (SSSR count). The highest BCUT2D eigenvalue weighted by Crippen LogP contribution is 2.15. The van der Waals surface area contributed by atoms with E-state index in [9.17, 15) is 4.39 Å². The quantitative estimate of drug-likeness (QED) is 0.810. The molecule has 0 fully saturated rings. The largest absolute Gasteiger partial charge is 0.322 e. The molecule has 0 aromatic heterocycles. The molecule has 1 atom stereocenters. The molecule has 2 N–H and O–H groups in total. The van der Waals surface area contributed by atoms with Gasteiger partial charge in [-0.15, -0.1) is 0 Å². The molecule has 0 amide bonds. The minimum Gasteiger partial charge on any atom is -0.322 e. The molecule has 0 aliphatic heterocycles. The Hall–Kier alpha value is -0.410. The van der Waals surface area contributed by atoms with Crippen molar-refractivity contribution in [3.8, 4) is 0 Å². The Labute approximate surface area is 73.5 Å². The van der Waals surface area contributed by atoms with E-state index in [0.717, 1.165) is 10.0 Å². The van der Waals surface area contributed by atoms with Crippen LogP contribution in [0.2, 0.25) is 0 Å². The van der Waals surface area contributed by atoms with Gasteiger partial charge < -0.3 is 5.73 Å². The van der Waals surface area contributed by atoms with Crippen molar-refractivity contribution < 1.29 is 4.39 Å². The molecule has 0 aliphatic rings. The molecule has 0 saturated carbocycles. The lowest BCUT2D eigenvalue weighted by Crippen LogP contribution is -2.11. The van der Waals surface area contributed by atoms with E-state index >= 15 is 0 Å². The Balaban J connectivity index is 2.81. The van der Waals surface area contributed by atoms with Gasteiger partial charge in [-0.3, -0.25) is 0 Å². The molecule has 11 heavy (non-hydrogen) atoms. The lowest BCUT2D eigenvalue weighted by molar-refractivity contribution is 0.437. The fraction of sp³-hybridized carbons (Fsp3) is 0.250. The molecule has 0 saturated heterocycles. The highest BCUT2D eigenvalue weighted by atomic mass is 79.9. The smallest absolute Gasteiger partial charge is 0.109 e. The van der Waals surface area contributed by atoms with Crippen LogP contribution in [0.15, 0.2) is 28.7 Å². The standard InChI is InChI=1S/C8H9BrFN/c9-7-3-1-6(2-4-7)8(11)5-10/h1-4,8H,5,11H2/t8-/m0/s1. The molecule has 3 heteroatoms. The van der Waals surface area contributed by atoms with Crippen molar-refractivity contribution in [2.24, 2.45) is 5.73 Å². The molecule has 0 aliphatic carbocycles. The zero-order valence-corrected chi connectivity index (χ0v) is 7.51. The van der Waals surface area contributed by atoms with Crippen LogP contribution in [0.3, 0.4) is 0 Å². The fourth-order valence-corrected chi connectivity index (χ4v) is 1.06. The summed E-state index contributed by atoms with van der Waals surface area (Å²) in [5.41, 5.74) is 6.28. The topological polar surface area (TPSA) is 26.0 Å². The Bertz CT molecular complexity index is 222. The van der Waals surface area contributed by atoms with E-state index in [1.54, 1.807) is 0 Å². The summed E-state index contributed by atoms with van der Waals surface area (Å²) in [4.78, 5) is 0. The van der Waals surface area contributed by atoms with Gasteiger partial charge in [-0.1, -0.05) is 28.1 Å². The van der Waals surface area contributed by atoms with E-state index < -0.39 is 12.7 Å². The molecule has 0 unspecified atom stereocenters. The molecular weight excluding hydrogens is 209 g/mol. The van der Waals surface area contributed by atoms with E-state index in [4.69, 9.17) is 5.73 Å². The number of alkyl halides is 1. The average molecular weight is 218 g/mol. The van der Waals surface area contributed by atoms with E-state index in [1.165, 1.54) is 0 Å². The average Bonchev–Trinajstić information content (AvgIpc) is 2.05. The summed E-state index contributed by atoms with van der Waals surface area (Å²) in [6, 6.07) is 6.85. The van der Waals surface area contributed by atoms with E-state index in [0.29, 0.717) is 0 Å². The number of hydrogen-bond donors (Lipinski definition) is 1. The van der Waals surface area contributed by atoms with Crippen LogP contribution < -0.4 is 5.73 Å². The summed E-state index contributed by atoms with van der Waals surface area (Å²) in [6.45, 7) is -0.512. The van der Waals surface area contributed by atoms with Crippen LogP contribution in [0, 0.1) is 0 Å². The van der Waals surface area contributed by atoms with Crippen molar-refractivity contribution in [1.29, 1.82) is 0 Å². The van der Waals surface area contributed by atoms with Crippen molar-refractivity contribution in [3.63, 3.8) is 0 Å². The van der Waals surface area contributed by atoms with E-state index in [2.05, 4.69) is 15.9 Å². The maximum Gasteiger partial charge on any atom is 0.109 e. The van der Waals surface area contributed by atoms with Crippen molar-refractivity contribution in [2.45, 2.75) is 6.04 Å². The van der Waals surface area contributed by atoms with Gasteiger partial charge in [0.15, 0.2) is 0 Å². The Morgan fingerprint density at radius 2 is 1.91 bits per heavy atom. The lowest BCUT2D eigenvalue weighted by atomic mass is 10.1. The second-order valence-corrected chi connectivity index (χ2v) is 3.23. The molecule has 0 radical (unpaired) electrons. The van der Waals surface area contributed by atoms with E-state index in [-0.39, 0.29) is 0 Å². The summed E-state index contributed by atoms with van der Waals surface area (Å²) in [6.07, 6.45) is 0. The van der Waals surface area contributed by atoms with Crippen LogP contribution in [-0.2, 0) is 0 Å². The minimum atomic E-state index is -0.512. The van der Waals surface area contributed by atoms with Gasteiger partial charge in [0.1, 0.15) is 6.67 Å². The highest BCUT2D eigenvalue weighted by Gasteiger charge is 2.03. The van der Waals surface area contributed by atoms with Crippen LogP contribution in [0.5, 0.6) is 0 Å². The van der Waals surface area contributed by atoms with Gasteiger partial charge in [-0.05, 0) is 17.7 Å². The van der Waals surface area contributed by atoms with Gasteiger partial charge in [-0.2, -0.15) is 0 Å². The SMILES string of the molecule is N[C@@H](CF)c1ccc(Br)cc1. The third-order valence-corrected chi connectivity index (χ3v) is 1.99. The van der Waals surface area contributed by atoms with Gasteiger partial charge >= 0.3 is 0 Å². The number of nitrogens with two attached hydrogens (primary N) is 1. The zero-order chi connectivity index (χ0) is 8.27. The second kappa shape index (κ2) is 3.83. The maximum absolute atomic E-state index is 12.0. The molecule has 60 valence electrons. The van der Waals surface area contributed by atoms with Crippen molar-refractivity contribution in [2.75, 3.05) is 6.67 Å². The predicted octanol–water partition coefficient (Wildman–Crippen LogP) is 2.42. The van der Waals surface area contributed by atoms with Gasteiger partial charge in [0, 0.05) is 4.47 Å². The van der Waals surface area contributed by atoms with Gasteiger partial charge in [0.25, 0.3) is 0 Å². The van der Waals surface area contributed by atoms with Crippen molar-refractivity contribution in [3.05, 3.63) is 34.3 Å². The van der Waals surface area contributed by atoms with Crippen LogP contribution in [0.1, 0.15) is 11.6 Å². The summed E-state index contributed by atoms with van der Waals surface area (Å²) in [7, 11) is 0. The summed E-state index contributed by atoms with van der Waals surface area (Å²) in [5.74, 6) is 0. The summed E-state index contributed by atoms with van der Waals surface area (Å²) >= 11 is 3.28. The third kappa shape index (κ3) is 2.27. The predicted molar refractivity (Wildman–Crippen MR) is 47.0 cm³/mol. The Kier molecular flexibility index (Phi) is 3.02. The Morgan fingerprint density at radius 3 is 2.36 bits per heavy atom. The molecule has 1 aromatic rings. The van der Waals surface area contributed by atoms with Gasteiger partial charge in [0.05, 0.1) is 6.04 Å². The number of benzene rings is 1. The number of hydrogen-bond acceptors (Lipinski definition) is 1. The summed E-state index contributed by atoms with van der Waals surface area (Å²) < 4.78 is 13.0. The first kappa shape index (κ1) is 8.68. The Morgan fingerprint density at radius 1 is 1.36 bits per heavy atom. The zero-order valence-electron chi connectivity index (χ0n) is 5.93. The highest BCUT2D eigenvalue weighted by molar-refractivity contribution is 9.10. The van der Waals surface area contributed by atoms with Crippen LogP contribution in [-0.4, -0.2) is 6.67 Å². The first-order valence-electron chi connectivity index (χ1n) is 3.31. The van der Waals surface area contributed by atoms with Crippen molar-refractivity contribution in [1.82, 2.24) is 0 Å².